The number of amides is 1. The highest BCUT2D eigenvalue weighted by atomic mass is 35.5. The van der Waals surface area contributed by atoms with Crippen LogP contribution in [0.5, 0.6) is 0 Å². The second-order valence-corrected chi connectivity index (χ2v) is 7.70. The Morgan fingerprint density at radius 3 is 2.36 bits per heavy atom. The molecule has 0 radical (unpaired) electrons. The normalized spacial score (nSPS) is 11.5. The number of hydrogen-bond donors (Lipinski definition) is 1. The van der Waals surface area contributed by atoms with E-state index in [0.29, 0.717) is 0 Å². The van der Waals surface area contributed by atoms with E-state index >= 15 is 0 Å². The molecule has 6 nitrogen and oxygen atoms in total. The second-order valence-electron chi connectivity index (χ2n) is 5.64. The highest BCUT2D eigenvalue weighted by Gasteiger charge is 2.26. The number of hydrogen-bond acceptors (Lipinski definition) is 4. The summed E-state index contributed by atoms with van der Waals surface area (Å²) < 4.78 is 69.2. The molecule has 3 rings (SSSR count). The fraction of sp³-hybridized carbons (Fsp3) is 0.0588. The molecule has 0 spiro atoms. The molecular formula is C17H11ClF3N3O3S. The van der Waals surface area contributed by atoms with Gasteiger partial charge in [0.25, 0.3) is 15.9 Å². The summed E-state index contributed by atoms with van der Waals surface area (Å²) in [4.78, 5) is 15.3. The molecule has 0 atom stereocenters. The van der Waals surface area contributed by atoms with Gasteiger partial charge in [-0.05, 0) is 24.3 Å². The van der Waals surface area contributed by atoms with Gasteiger partial charge in [0, 0.05) is 13.2 Å². The van der Waals surface area contributed by atoms with E-state index in [2.05, 4.69) is 4.98 Å². The number of halogens is 4. The maximum absolute atomic E-state index is 14.0. The van der Waals surface area contributed by atoms with E-state index in [1.807, 2.05) is 0 Å². The number of rotatable bonds is 4. The van der Waals surface area contributed by atoms with Crippen molar-refractivity contribution in [2.24, 2.45) is 7.05 Å². The van der Waals surface area contributed by atoms with E-state index in [1.165, 1.54) is 13.1 Å². The molecule has 1 heterocycles. The van der Waals surface area contributed by atoms with Gasteiger partial charge >= 0.3 is 0 Å². The predicted molar refractivity (Wildman–Crippen MR) is 94.6 cm³/mol. The third-order valence-corrected chi connectivity index (χ3v) is 5.37. The van der Waals surface area contributed by atoms with Gasteiger partial charge in [0.05, 0.1) is 10.6 Å². The molecular weight excluding hydrogens is 419 g/mol. The first kappa shape index (κ1) is 19.9. The number of nitrogens with zero attached hydrogens (tertiary/aromatic N) is 2. The molecule has 1 N–H and O–H groups in total. The lowest BCUT2D eigenvalue weighted by molar-refractivity contribution is 0.0977. The molecule has 146 valence electrons. The van der Waals surface area contributed by atoms with Crippen molar-refractivity contribution in [2.45, 2.75) is 4.90 Å². The minimum absolute atomic E-state index is 0.230. The number of nitrogens with one attached hydrogen (secondary N) is 1. The Kier molecular flexibility index (Phi) is 5.18. The molecule has 0 fully saturated rings. The SMILES string of the molecule is Cn1cc(C(=O)NS(=O)(=O)c2cccc(Cl)c2F)nc1-c1c(F)cccc1F. The Labute approximate surface area is 162 Å². The van der Waals surface area contributed by atoms with Gasteiger partial charge in [0.2, 0.25) is 0 Å². The Balaban J connectivity index is 1.95. The Morgan fingerprint density at radius 1 is 1.11 bits per heavy atom. The summed E-state index contributed by atoms with van der Waals surface area (Å²) >= 11 is 5.56. The van der Waals surface area contributed by atoms with Gasteiger partial charge in [-0.15, -0.1) is 0 Å². The predicted octanol–water partition coefficient (Wildman–Crippen LogP) is 3.28. The van der Waals surface area contributed by atoms with Gasteiger partial charge in [-0.2, -0.15) is 0 Å². The fourth-order valence-electron chi connectivity index (χ4n) is 2.44. The summed E-state index contributed by atoms with van der Waals surface area (Å²) in [6.07, 6.45) is 1.08. The lowest BCUT2D eigenvalue weighted by Crippen LogP contribution is -2.31. The van der Waals surface area contributed by atoms with Crippen LogP contribution in [-0.2, 0) is 17.1 Å². The molecule has 11 heteroatoms. The minimum Gasteiger partial charge on any atom is -0.333 e. The molecule has 0 unspecified atom stereocenters. The summed E-state index contributed by atoms with van der Waals surface area (Å²) in [5.74, 6) is -4.48. The first-order valence-electron chi connectivity index (χ1n) is 7.60. The highest BCUT2D eigenvalue weighted by molar-refractivity contribution is 7.90. The van der Waals surface area contributed by atoms with Crippen LogP contribution < -0.4 is 4.72 Å². The first-order valence-corrected chi connectivity index (χ1v) is 9.47. The number of aromatic nitrogens is 2. The molecule has 0 aliphatic heterocycles. The number of benzene rings is 2. The third-order valence-electron chi connectivity index (χ3n) is 3.73. The lowest BCUT2D eigenvalue weighted by atomic mass is 10.2. The number of carbonyl (C=O) groups excluding carboxylic acids is 1. The van der Waals surface area contributed by atoms with Crippen molar-refractivity contribution in [3.05, 3.63) is 70.8 Å². The number of aryl methyl sites for hydroxylation is 1. The zero-order chi connectivity index (χ0) is 20.6. The maximum atomic E-state index is 14.0. The van der Waals surface area contributed by atoms with Crippen LogP contribution in [0.2, 0.25) is 5.02 Å². The van der Waals surface area contributed by atoms with Crippen molar-refractivity contribution in [3.8, 4) is 11.4 Å². The van der Waals surface area contributed by atoms with Crippen molar-refractivity contribution in [2.75, 3.05) is 0 Å². The van der Waals surface area contributed by atoms with Crippen LogP contribution in [0.3, 0.4) is 0 Å². The standard InChI is InChI=1S/C17H11ClF3N3O3S/c1-24-8-12(22-16(24)14-10(19)5-3-6-11(14)20)17(25)23-28(26,27)13-7-2-4-9(18)15(13)21/h2-8H,1H3,(H,23,25). The van der Waals surface area contributed by atoms with Crippen LogP contribution in [0.1, 0.15) is 10.5 Å². The molecule has 2 aromatic carbocycles. The van der Waals surface area contributed by atoms with Crippen LogP contribution in [0.4, 0.5) is 13.2 Å². The van der Waals surface area contributed by atoms with Crippen LogP contribution in [0, 0.1) is 17.5 Å². The van der Waals surface area contributed by atoms with Gasteiger partial charge in [-0.25, -0.2) is 31.3 Å². The quantitative estimate of drug-likeness (QED) is 0.690. The average Bonchev–Trinajstić information content (AvgIpc) is 2.98. The van der Waals surface area contributed by atoms with Crippen molar-refractivity contribution >= 4 is 27.5 Å². The largest absolute Gasteiger partial charge is 0.333 e. The molecule has 0 saturated carbocycles. The highest BCUT2D eigenvalue weighted by Crippen LogP contribution is 2.25. The Bertz CT molecular complexity index is 1180. The fourth-order valence-corrected chi connectivity index (χ4v) is 3.73. The van der Waals surface area contributed by atoms with E-state index in [0.717, 1.165) is 41.1 Å². The molecule has 0 aliphatic carbocycles. The Morgan fingerprint density at radius 2 is 1.71 bits per heavy atom. The van der Waals surface area contributed by atoms with E-state index in [4.69, 9.17) is 11.6 Å². The lowest BCUT2D eigenvalue weighted by Gasteiger charge is -2.07. The molecule has 1 amide bonds. The minimum atomic E-state index is -4.60. The molecule has 1 aromatic heterocycles. The van der Waals surface area contributed by atoms with Gasteiger partial charge in [-0.1, -0.05) is 23.7 Å². The van der Waals surface area contributed by atoms with Crippen molar-refractivity contribution in [1.82, 2.24) is 14.3 Å². The van der Waals surface area contributed by atoms with Crippen molar-refractivity contribution in [1.29, 1.82) is 0 Å². The van der Waals surface area contributed by atoms with Crippen molar-refractivity contribution in [3.63, 3.8) is 0 Å². The summed E-state index contributed by atoms with van der Waals surface area (Å²) in [6.45, 7) is 0. The summed E-state index contributed by atoms with van der Waals surface area (Å²) in [6, 6.07) is 6.46. The van der Waals surface area contributed by atoms with Crippen molar-refractivity contribution < 1.29 is 26.4 Å². The van der Waals surface area contributed by atoms with E-state index in [9.17, 15) is 26.4 Å². The first-order chi connectivity index (χ1) is 13.1. The van der Waals surface area contributed by atoms with Gasteiger partial charge in [0.1, 0.15) is 28.0 Å². The van der Waals surface area contributed by atoms with Gasteiger partial charge < -0.3 is 4.57 Å². The monoisotopic (exact) mass is 429 g/mol. The smallest absolute Gasteiger partial charge is 0.285 e. The Hall–Kier alpha value is -2.85. The van der Waals surface area contributed by atoms with Crippen LogP contribution in [0.15, 0.2) is 47.5 Å². The van der Waals surface area contributed by atoms with E-state index in [-0.39, 0.29) is 5.82 Å². The molecule has 3 aromatic rings. The average molecular weight is 430 g/mol. The van der Waals surface area contributed by atoms with E-state index in [1.54, 1.807) is 4.72 Å². The maximum Gasteiger partial charge on any atom is 0.285 e. The van der Waals surface area contributed by atoms with Crippen LogP contribution >= 0.6 is 11.6 Å². The van der Waals surface area contributed by atoms with E-state index < -0.39 is 54.6 Å². The summed E-state index contributed by atoms with van der Waals surface area (Å²) in [7, 11) is -3.23. The van der Waals surface area contributed by atoms with Gasteiger partial charge in [-0.3, -0.25) is 4.79 Å². The third kappa shape index (κ3) is 3.60. The molecule has 0 saturated heterocycles. The van der Waals surface area contributed by atoms with Gasteiger partial charge in [0.15, 0.2) is 5.82 Å². The second kappa shape index (κ2) is 7.28. The number of sulfonamides is 1. The van der Waals surface area contributed by atoms with Crippen LogP contribution in [0.25, 0.3) is 11.4 Å². The molecule has 0 bridgehead atoms. The summed E-state index contributed by atoms with van der Waals surface area (Å²) in [5.41, 5.74) is -0.918. The zero-order valence-electron chi connectivity index (χ0n) is 14.1. The summed E-state index contributed by atoms with van der Waals surface area (Å²) in [5, 5.41) is -0.439. The molecule has 0 aliphatic rings. The molecule has 28 heavy (non-hydrogen) atoms. The topological polar surface area (TPSA) is 81.1 Å². The van der Waals surface area contributed by atoms with Crippen LogP contribution in [-0.4, -0.2) is 23.9 Å². The number of carbonyl (C=O) groups is 1. The number of imidazole rings is 1. The zero-order valence-corrected chi connectivity index (χ0v) is 15.7.